The normalized spacial score (nSPS) is 14.9. The van der Waals surface area contributed by atoms with E-state index >= 15 is 0 Å². The Bertz CT molecular complexity index is 902. The number of benzene rings is 1. The van der Waals surface area contributed by atoms with Crippen molar-refractivity contribution < 1.29 is 4.79 Å². The maximum atomic E-state index is 12.6. The van der Waals surface area contributed by atoms with Gasteiger partial charge in [-0.3, -0.25) is 4.79 Å². The average Bonchev–Trinajstić information content (AvgIpc) is 3.20. The van der Waals surface area contributed by atoms with Gasteiger partial charge in [0.1, 0.15) is 5.69 Å². The molecule has 1 saturated heterocycles. The van der Waals surface area contributed by atoms with Crippen LogP contribution < -0.4 is 10.2 Å². The smallest absolute Gasteiger partial charge is 0.267 e. The van der Waals surface area contributed by atoms with Gasteiger partial charge in [0.2, 0.25) is 0 Å². The van der Waals surface area contributed by atoms with Crippen LogP contribution in [0.2, 0.25) is 5.02 Å². The van der Waals surface area contributed by atoms with Gasteiger partial charge in [0.25, 0.3) is 5.91 Å². The Labute approximate surface area is 162 Å². The van der Waals surface area contributed by atoms with Gasteiger partial charge in [-0.2, -0.15) is 5.10 Å². The lowest BCUT2D eigenvalue weighted by Crippen LogP contribution is -2.45. The number of hydrogen-bond donors (Lipinski definition) is 2. The van der Waals surface area contributed by atoms with Crippen molar-refractivity contribution in [3.8, 4) is 11.1 Å². The number of piperidine rings is 1. The zero-order valence-electron chi connectivity index (χ0n) is 14.7. The quantitative estimate of drug-likeness (QED) is 0.725. The summed E-state index contributed by atoms with van der Waals surface area (Å²) in [5, 5.41) is 11.9. The summed E-state index contributed by atoms with van der Waals surface area (Å²) in [6, 6.07) is 13.4. The van der Waals surface area contributed by atoms with E-state index in [-0.39, 0.29) is 11.9 Å². The van der Waals surface area contributed by atoms with E-state index in [1.54, 1.807) is 6.20 Å². The Morgan fingerprint density at radius 1 is 1.15 bits per heavy atom. The molecule has 3 aromatic rings. The molecule has 1 amide bonds. The van der Waals surface area contributed by atoms with E-state index in [0.717, 1.165) is 42.9 Å². The van der Waals surface area contributed by atoms with Gasteiger partial charge in [-0.1, -0.05) is 23.7 Å². The first-order chi connectivity index (χ1) is 13.2. The number of carbonyl (C=O) groups is 1. The van der Waals surface area contributed by atoms with Crippen LogP contribution in [0.3, 0.4) is 0 Å². The molecule has 0 atom stereocenters. The molecule has 0 saturated carbocycles. The molecule has 1 fully saturated rings. The molecule has 0 radical (unpaired) electrons. The minimum atomic E-state index is -0.0758. The van der Waals surface area contributed by atoms with Crippen LogP contribution in [0.25, 0.3) is 11.1 Å². The van der Waals surface area contributed by atoms with Crippen LogP contribution in [0.5, 0.6) is 0 Å². The Morgan fingerprint density at radius 2 is 1.93 bits per heavy atom. The van der Waals surface area contributed by atoms with E-state index in [4.69, 9.17) is 11.6 Å². The number of carbonyl (C=O) groups excluding carboxylic acids is 1. The summed E-state index contributed by atoms with van der Waals surface area (Å²) in [4.78, 5) is 17.8. The number of aromatic amines is 1. The van der Waals surface area contributed by atoms with Crippen molar-refractivity contribution in [2.24, 2.45) is 0 Å². The summed E-state index contributed by atoms with van der Waals surface area (Å²) in [5.74, 6) is 0.812. The second-order valence-electron chi connectivity index (χ2n) is 6.63. The van der Waals surface area contributed by atoms with Crippen LogP contribution in [-0.4, -0.2) is 40.2 Å². The summed E-state index contributed by atoms with van der Waals surface area (Å²) in [5.41, 5.74) is 2.55. The van der Waals surface area contributed by atoms with E-state index in [1.807, 2.05) is 48.7 Å². The predicted octanol–water partition coefficient (Wildman–Crippen LogP) is 3.52. The molecule has 138 valence electrons. The molecule has 1 aliphatic heterocycles. The highest BCUT2D eigenvalue weighted by Crippen LogP contribution is 2.23. The molecule has 0 spiro atoms. The van der Waals surface area contributed by atoms with E-state index in [1.165, 1.54) is 0 Å². The molecule has 2 aromatic heterocycles. The second-order valence-corrected chi connectivity index (χ2v) is 7.06. The Hall–Kier alpha value is -2.86. The van der Waals surface area contributed by atoms with Gasteiger partial charge in [-0.05, 0) is 54.3 Å². The van der Waals surface area contributed by atoms with Crippen molar-refractivity contribution in [2.75, 3.05) is 18.0 Å². The molecule has 0 unspecified atom stereocenters. The maximum absolute atomic E-state index is 12.6. The fraction of sp³-hybridized carbons (Fsp3) is 0.250. The van der Waals surface area contributed by atoms with E-state index in [9.17, 15) is 4.79 Å². The number of H-pyrrole nitrogens is 1. The van der Waals surface area contributed by atoms with Crippen LogP contribution in [0.1, 0.15) is 23.3 Å². The Kier molecular flexibility index (Phi) is 5.07. The van der Waals surface area contributed by atoms with E-state index in [2.05, 4.69) is 25.4 Å². The van der Waals surface area contributed by atoms with Crippen molar-refractivity contribution in [2.45, 2.75) is 18.9 Å². The Balaban J connectivity index is 1.34. The van der Waals surface area contributed by atoms with Gasteiger partial charge in [-0.15, -0.1) is 5.10 Å². The summed E-state index contributed by atoms with van der Waals surface area (Å²) in [7, 11) is 0. The Morgan fingerprint density at radius 3 is 2.63 bits per heavy atom. The molecule has 7 heteroatoms. The number of amides is 1. The minimum Gasteiger partial charge on any atom is -0.357 e. The van der Waals surface area contributed by atoms with Gasteiger partial charge < -0.3 is 15.2 Å². The zero-order valence-corrected chi connectivity index (χ0v) is 15.5. The number of nitrogens with one attached hydrogen (secondary N) is 2. The summed E-state index contributed by atoms with van der Waals surface area (Å²) >= 11 is 5.93. The average molecular weight is 382 g/mol. The molecule has 6 nitrogen and oxygen atoms in total. The molecule has 4 rings (SSSR count). The molecule has 0 aliphatic carbocycles. The van der Waals surface area contributed by atoms with E-state index in [0.29, 0.717) is 10.7 Å². The monoisotopic (exact) mass is 381 g/mol. The van der Waals surface area contributed by atoms with Crippen molar-refractivity contribution in [1.82, 2.24) is 20.5 Å². The van der Waals surface area contributed by atoms with Crippen molar-refractivity contribution in [3.05, 3.63) is 65.6 Å². The van der Waals surface area contributed by atoms with Gasteiger partial charge in [-0.25, -0.2) is 0 Å². The summed E-state index contributed by atoms with van der Waals surface area (Å²) < 4.78 is 0. The van der Waals surface area contributed by atoms with Gasteiger partial charge in [0, 0.05) is 36.5 Å². The molecule has 1 aliphatic rings. The summed E-state index contributed by atoms with van der Waals surface area (Å²) in [6.07, 6.45) is 5.28. The van der Waals surface area contributed by atoms with E-state index < -0.39 is 0 Å². The number of halogens is 1. The van der Waals surface area contributed by atoms with Crippen molar-refractivity contribution >= 4 is 23.3 Å². The van der Waals surface area contributed by atoms with Crippen LogP contribution in [0.4, 0.5) is 5.82 Å². The third kappa shape index (κ3) is 4.11. The maximum Gasteiger partial charge on any atom is 0.267 e. The van der Waals surface area contributed by atoms with Crippen LogP contribution >= 0.6 is 11.6 Å². The first-order valence-electron chi connectivity index (χ1n) is 8.97. The lowest BCUT2D eigenvalue weighted by molar-refractivity contribution is 0.0926. The van der Waals surface area contributed by atoms with Gasteiger partial charge in [0.05, 0.1) is 0 Å². The highest BCUT2D eigenvalue weighted by Gasteiger charge is 2.22. The number of anilines is 1. The SMILES string of the molecule is O=C(NC1CCN(c2cccnn2)CC1)c1cc(-c2ccc(Cl)cc2)c[nH]1. The molecular formula is C20H20ClN5O. The number of hydrogen-bond acceptors (Lipinski definition) is 4. The third-order valence-electron chi connectivity index (χ3n) is 4.82. The first kappa shape index (κ1) is 17.5. The van der Waals surface area contributed by atoms with Crippen molar-refractivity contribution in [1.29, 1.82) is 0 Å². The van der Waals surface area contributed by atoms with Crippen molar-refractivity contribution in [3.63, 3.8) is 0 Å². The molecule has 3 heterocycles. The molecule has 1 aromatic carbocycles. The largest absolute Gasteiger partial charge is 0.357 e. The fourth-order valence-corrected chi connectivity index (χ4v) is 3.44. The first-order valence-corrected chi connectivity index (χ1v) is 9.35. The third-order valence-corrected chi connectivity index (χ3v) is 5.07. The summed E-state index contributed by atoms with van der Waals surface area (Å²) in [6.45, 7) is 1.70. The van der Waals surface area contributed by atoms with Crippen LogP contribution in [-0.2, 0) is 0 Å². The number of rotatable bonds is 4. The number of nitrogens with zero attached hydrogens (tertiary/aromatic N) is 3. The highest BCUT2D eigenvalue weighted by atomic mass is 35.5. The highest BCUT2D eigenvalue weighted by molar-refractivity contribution is 6.30. The van der Waals surface area contributed by atoms with Gasteiger partial charge >= 0.3 is 0 Å². The molecule has 27 heavy (non-hydrogen) atoms. The van der Waals surface area contributed by atoms with Crippen LogP contribution in [0, 0.1) is 0 Å². The topological polar surface area (TPSA) is 73.9 Å². The zero-order chi connectivity index (χ0) is 18.6. The molecule has 0 bridgehead atoms. The van der Waals surface area contributed by atoms with Crippen LogP contribution in [0.15, 0.2) is 54.9 Å². The molecular weight excluding hydrogens is 362 g/mol. The fourth-order valence-electron chi connectivity index (χ4n) is 3.31. The standard InChI is InChI=1S/C20H20ClN5O/c21-16-5-3-14(4-6-16)15-12-18(22-13-15)20(27)24-17-7-10-26(11-8-17)19-2-1-9-23-25-19/h1-6,9,12-13,17,22H,7-8,10-11H2,(H,24,27). The molecule has 2 N–H and O–H groups in total. The lowest BCUT2D eigenvalue weighted by atomic mass is 10.0. The number of aromatic nitrogens is 3. The predicted molar refractivity (Wildman–Crippen MR) is 106 cm³/mol. The second kappa shape index (κ2) is 7.80. The van der Waals surface area contributed by atoms with Gasteiger partial charge in [0.15, 0.2) is 5.82 Å². The minimum absolute atomic E-state index is 0.0758. The lowest BCUT2D eigenvalue weighted by Gasteiger charge is -2.32.